The number of carbonyl (C=O) groups is 2. The first-order chi connectivity index (χ1) is 11.0. The molecule has 1 fully saturated rings. The molecule has 6 heteroatoms. The average molecular weight is 319 g/mol. The molecule has 1 heterocycles. The number of benzene rings is 1. The standard InChI is InChI=1S/C17H25N3O3/c1-5-18-15-7-6-12(2)10-14(15)16(21)19-8-9-20(13(3)11-19)17(22)23-4/h6-7,10,13,18H,5,8-9,11H2,1-4H3/t13-/m0/s1. The van der Waals surface area contributed by atoms with Crippen molar-refractivity contribution in [2.75, 3.05) is 38.6 Å². The van der Waals surface area contributed by atoms with Crippen LogP contribution < -0.4 is 5.32 Å². The largest absolute Gasteiger partial charge is 0.453 e. The summed E-state index contributed by atoms with van der Waals surface area (Å²) in [5.41, 5.74) is 2.59. The van der Waals surface area contributed by atoms with Crippen molar-refractivity contribution in [3.63, 3.8) is 0 Å². The van der Waals surface area contributed by atoms with Gasteiger partial charge in [0.15, 0.2) is 0 Å². The number of methoxy groups -OCH3 is 1. The van der Waals surface area contributed by atoms with Gasteiger partial charge >= 0.3 is 6.09 Å². The fourth-order valence-electron chi connectivity index (χ4n) is 2.88. The van der Waals surface area contributed by atoms with E-state index in [2.05, 4.69) is 5.32 Å². The Labute approximate surface area is 137 Å². The Kier molecular flexibility index (Phi) is 5.47. The molecule has 2 rings (SSSR count). The molecule has 0 radical (unpaired) electrons. The zero-order valence-corrected chi connectivity index (χ0v) is 14.3. The zero-order valence-electron chi connectivity index (χ0n) is 14.3. The predicted octanol–water partition coefficient (Wildman–Crippen LogP) is 2.34. The second-order valence-corrected chi connectivity index (χ2v) is 5.84. The number of aryl methyl sites for hydroxylation is 1. The Bertz CT molecular complexity index is 588. The zero-order chi connectivity index (χ0) is 17.0. The van der Waals surface area contributed by atoms with Crippen molar-refractivity contribution in [1.29, 1.82) is 0 Å². The van der Waals surface area contributed by atoms with Crippen molar-refractivity contribution < 1.29 is 14.3 Å². The van der Waals surface area contributed by atoms with Gasteiger partial charge < -0.3 is 19.9 Å². The molecule has 1 aromatic rings. The van der Waals surface area contributed by atoms with Crippen LogP contribution in [0.5, 0.6) is 0 Å². The highest BCUT2D eigenvalue weighted by Crippen LogP contribution is 2.21. The van der Waals surface area contributed by atoms with Gasteiger partial charge in [-0.2, -0.15) is 0 Å². The molecule has 23 heavy (non-hydrogen) atoms. The van der Waals surface area contributed by atoms with Gasteiger partial charge in [-0.25, -0.2) is 4.79 Å². The lowest BCUT2D eigenvalue weighted by atomic mass is 10.1. The molecule has 0 unspecified atom stereocenters. The highest BCUT2D eigenvalue weighted by Gasteiger charge is 2.31. The van der Waals surface area contributed by atoms with E-state index in [-0.39, 0.29) is 18.0 Å². The molecule has 1 aromatic carbocycles. The highest BCUT2D eigenvalue weighted by atomic mass is 16.5. The van der Waals surface area contributed by atoms with Crippen LogP contribution in [0.25, 0.3) is 0 Å². The van der Waals surface area contributed by atoms with E-state index in [9.17, 15) is 9.59 Å². The SMILES string of the molecule is CCNc1ccc(C)cc1C(=O)N1CCN(C(=O)OC)[C@@H](C)C1. The van der Waals surface area contributed by atoms with Crippen molar-refractivity contribution in [2.24, 2.45) is 0 Å². The van der Waals surface area contributed by atoms with Gasteiger partial charge in [0.05, 0.1) is 12.7 Å². The third-order valence-corrected chi connectivity index (χ3v) is 4.10. The van der Waals surface area contributed by atoms with E-state index in [1.807, 2.05) is 39.0 Å². The number of amides is 2. The van der Waals surface area contributed by atoms with Gasteiger partial charge in [0.25, 0.3) is 5.91 Å². The molecule has 126 valence electrons. The second-order valence-electron chi connectivity index (χ2n) is 5.84. The first kappa shape index (κ1) is 17.1. The fourth-order valence-corrected chi connectivity index (χ4v) is 2.88. The lowest BCUT2D eigenvalue weighted by molar-refractivity contribution is 0.0467. The summed E-state index contributed by atoms with van der Waals surface area (Å²) in [7, 11) is 1.38. The summed E-state index contributed by atoms with van der Waals surface area (Å²) in [6.45, 7) is 8.18. The van der Waals surface area contributed by atoms with Crippen LogP contribution in [0, 0.1) is 6.92 Å². The Balaban J connectivity index is 2.16. The number of nitrogens with one attached hydrogen (secondary N) is 1. The third-order valence-electron chi connectivity index (χ3n) is 4.10. The first-order valence-corrected chi connectivity index (χ1v) is 7.96. The number of rotatable bonds is 3. The summed E-state index contributed by atoms with van der Waals surface area (Å²) in [4.78, 5) is 28.1. The summed E-state index contributed by atoms with van der Waals surface area (Å²) >= 11 is 0. The monoisotopic (exact) mass is 319 g/mol. The van der Waals surface area contributed by atoms with Crippen LogP contribution in [-0.4, -0.2) is 61.1 Å². The maximum absolute atomic E-state index is 12.9. The number of carbonyl (C=O) groups excluding carboxylic acids is 2. The molecular formula is C17H25N3O3. The molecule has 0 saturated carbocycles. The van der Waals surface area contributed by atoms with Crippen LogP contribution in [0.4, 0.5) is 10.5 Å². The molecule has 1 saturated heterocycles. The van der Waals surface area contributed by atoms with Crippen molar-refractivity contribution in [3.8, 4) is 0 Å². The maximum atomic E-state index is 12.9. The van der Waals surface area contributed by atoms with Crippen molar-refractivity contribution in [1.82, 2.24) is 9.80 Å². The van der Waals surface area contributed by atoms with E-state index in [1.165, 1.54) is 7.11 Å². The molecule has 2 amide bonds. The Morgan fingerprint density at radius 1 is 1.35 bits per heavy atom. The lowest BCUT2D eigenvalue weighted by Crippen LogP contribution is -2.55. The fraction of sp³-hybridized carbons (Fsp3) is 0.529. The third kappa shape index (κ3) is 3.75. The molecule has 1 aliphatic heterocycles. The summed E-state index contributed by atoms with van der Waals surface area (Å²) in [5.74, 6) is 0.000941. The smallest absolute Gasteiger partial charge is 0.409 e. The van der Waals surface area contributed by atoms with Crippen LogP contribution >= 0.6 is 0 Å². The number of anilines is 1. The van der Waals surface area contributed by atoms with E-state index in [0.717, 1.165) is 17.8 Å². The van der Waals surface area contributed by atoms with Gasteiger partial charge in [-0.05, 0) is 32.9 Å². The van der Waals surface area contributed by atoms with Crippen LogP contribution in [0.15, 0.2) is 18.2 Å². The molecule has 1 N–H and O–H groups in total. The van der Waals surface area contributed by atoms with Crippen molar-refractivity contribution in [3.05, 3.63) is 29.3 Å². The molecule has 0 spiro atoms. The lowest BCUT2D eigenvalue weighted by Gasteiger charge is -2.39. The van der Waals surface area contributed by atoms with Crippen LogP contribution in [0.1, 0.15) is 29.8 Å². The summed E-state index contributed by atoms with van der Waals surface area (Å²) in [6, 6.07) is 5.79. The molecule has 0 bridgehead atoms. The quantitative estimate of drug-likeness (QED) is 0.929. The van der Waals surface area contributed by atoms with Gasteiger partial charge in [0.2, 0.25) is 0 Å². The summed E-state index contributed by atoms with van der Waals surface area (Å²) < 4.78 is 4.78. The topological polar surface area (TPSA) is 61.9 Å². The van der Waals surface area contributed by atoms with Gasteiger partial charge in [-0.1, -0.05) is 11.6 Å². The molecule has 0 aromatic heterocycles. The average Bonchev–Trinajstić information content (AvgIpc) is 2.55. The predicted molar refractivity (Wildman–Crippen MR) is 89.8 cm³/mol. The van der Waals surface area contributed by atoms with E-state index < -0.39 is 0 Å². The summed E-state index contributed by atoms with van der Waals surface area (Å²) in [5, 5.41) is 3.24. The molecule has 0 aliphatic carbocycles. The van der Waals surface area contributed by atoms with E-state index in [1.54, 1.807) is 9.80 Å². The number of piperazine rings is 1. The molecule has 1 atom stereocenters. The Morgan fingerprint density at radius 2 is 2.09 bits per heavy atom. The van der Waals surface area contributed by atoms with Crippen LogP contribution in [0.3, 0.4) is 0 Å². The van der Waals surface area contributed by atoms with Gasteiger partial charge in [0, 0.05) is 37.9 Å². The van der Waals surface area contributed by atoms with E-state index >= 15 is 0 Å². The maximum Gasteiger partial charge on any atom is 0.409 e. The second kappa shape index (κ2) is 7.35. The number of hydrogen-bond acceptors (Lipinski definition) is 4. The van der Waals surface area contributed by atoms with E-state index in [0.29, 0.717) is 25.2 Å². The van der Waals surface area contributed by atoms with Gasteiger partial charge in [-0.15, -0.1) is 0 Å². The molecule has 6 nitrogen and oxygen atoms in total. The minimum absolute atomic E-state index is 0.000941. The van der Waals surface area contributed by atoms with E-state index in [4.69, 9.17) is 4.74 Å². The minimum Gasteiger partial charge on any atom is -0.453 e. The number of ether oxygens (including phenoxy) is 1. The van der Waals surface area contributed by atoms with Crippen molar-refractivity contribution >= 4 is 17.7 Å². The normalized spacial score (nSPS) is 17.8. The van der Waals surface area contributed by atoms with Crippen LogP contribution in [-0.2, 0) is 4.74 Å². The highest BCUT2D eigenvalue weighted by molar-refractivity contribution is 6.00. The molecular weight excluding hydrogens is 294 g/mol. The molecule has 1 aliphatic rings. The van der Waals surface area contributed by atoms with Crippen LogP contribution in [0.2, 0.25) is 0 Å². The summed E-state index contributed by atoms with van der Waals surface area (Å²) in [6.07, 6.45) is -0.339. The minimum atomic E-state index is -0.339. The number of hydrogen-bond donors (Lipinski definition) is 1. The Hall–Kier alpha value is -2.24. The first-order valence-electron chi connectivity index (χ1n) is 7.96. The van der Waals surface area contributed by atoms with Gasteiger partial charge in [0.1, 0.15) is 0 Å². The number of nitrogens with zero attached hydrogens (tertiary/aromatic N) is 2. The Morgan fingerprint density at radius 3 is 2.70 bits per heavy atom. The van der Waals surface area contributed by atoms with Crippen molar-refractivity contribution in [2.45, 2.75) is 26.8 Å². The van der Waals surface area contributed by atoms with Gasteiger partial charge in [-0.3, -0.25) is 4.79 Å².